The van der Waals surface area contributed by atoms with Gasteiger partial charge in [0, 0.05) is 6.42 Å². The number of aliphatic hydroxyl groups is 2. The average Bonchev–Trinajstić information content (AvgIpc) is 2.60. The highest BCUT2D eigenvalue weighted by Crippen LogP contribution is 2.06. The van der Waals surface area contributed by atoms with Crippen molar-refractivity contribution in [1.82, 2.24) is 0 Å². The highest BCUT2D eigenvalue weighted by Gasteiger charge is 2.00. The monoisotopic (exact) mass is 362 g/mol. The van der Waals surface area contributed by atoms with E-state index in [1.807, 2.05) is 24.3 Å². The molecule has 0 bridgehead atoms. The highest BCUT2D eigenvalue weighted by molar-refractivity contribution is 5.66. The third-order valence-corrected chi connectivity index (χ3v) is 3.61. The van der Waals surface area contributed by atoms with Crippen LogP contribution in [0.3, 0.4) is 0 Å². The summed E-state index contributed by atoms with van der Waals surface area (Å²) in [5.74, 6) is -0.770. The van der Waals surface area contributed by atoms with E-state index in [1.54, 1.807) is 24.3 Å². The first-order chi connectivity index (χ1) is 12.6. The summed E-state index contributed by atoms with van der Waals surface area (Å²) in [6.45, 7) is 2.10. The number of carbonyl (C=O) groups is 1. The number of hydrogen-bond acceptors (Lipinski definition) is 3. The lowest BCUT2D eigenvalue weighted by Gasteiger charge is -2.03. The van der Waals surface area contributed by atoms with Crippen LogP contribution in [0.4, 0.5) is 0 Å². The van der Waals surface area contributed by atoms with Gasteiger partial charge < -0.3 is 15.3 Å². The van der Waals surface area contributed by atoms with Gasteiger partial charge in [-0.2, -0.15) is 0 Å². The third-order valence-electron chi connectivity index (χ3n) is 3.61. The molecule has 0 fully saturated rings. The van der Waals surface area contributed by atoms with Gasteiger partial charge in [0.05, 0.1) is 12.2 Å². The molecule has 0 amide bonds. The number of unbranched alkanes of at least 4 members (excludes halogenated alkanes) is 2. The zero-order valence-electron chi connectivity index (χ0n) is 15.8. The first kappa shape index (κ1) is 24.1. The maximum atomic E-state index is 10.4. The SMILES string of the molecule is CCC=CCC=CCC(O)C=CC=CC=CC(O)CCCCCC(=O)O. The fourth-order valence-corrected chi connectivity index (χ4v) is 2.17. The second-order valence-corrected chi connectivity index (χ2v) is 6.10. The number of carboxylic acids is 1. The lowest BCUT2D eigenvalue weighted by atomic mass is 10.1. The summed E-state index contributed by atoms with van der Waals surface area (Å²) in [5, 5.41) is 28.1. The van der Waals surface area contributed by atoms with Gasteiger partial charge in [-0.15, -0.1) is 0 Å². The smallest absolute Gasteiger partial charge is 0.303 e. The van der Waals surface area contributed by atoms with Crippen molar-refractivity contribution in [2.45, 2.75) is 70.5 Å². The van der Waals surface area contributed by atoms with E-state index in [-0.39, 0.29) is 6.42 Å². The van der Waals surface area contributed by atoms with Crippen LogP contribution in [-0.2, 0) is 4.79 Å². The molecule has 0 aromatic rings. The van der Waals surface area contributed by atoms with E-state index in [4.69, 9.17) is 5.11 Å². The van der Waals surface area contributed by atoms with E-state index in [1.165, 1.54) is 0 Å². The summed E-state index contributed by atoms with van der Waals surface area (Å²) in [6.07, 6.45) is 23.5. The van der Waals surface area contributed by atoms with Crippen molar-refractivity contribution >= 4 is 5.97 Å². The van der Waals surface area contributed by atoms with E-state index in [0.29, 0.717) is 19.3 Å². The zero-order chi connectivity index (χ0) is 19.5. The first-order valence-corrected chi connectivity index (χ1v) is 9.45. The largest absolute Gasteiger partial charge is 0.481 e. The second-order valence-electron chi connectivity index (χ2n) is 6.10. The van der Waals surface area contributed by atoms with Gasteiger partial charge >= 0.3 is 5.97 Å². The van der Waals surface area contributed by atoms with Crippen molar-refractivity contribution in [2.24, 2.45) is 0 Å². The summed E-state index contributed by atoms with van der Waals surface area (Å²) in [6, 6.07) is 0. The van der Waals surface area contributed by atoms with E-state index in [2.05, 4.69) is 19.1 Å². The van der Waals surface area contributed by atoms with Crippen LogP contribution in [0.2, 0.25) is 0 Å². The molecule has 2 unspecified atom stereocenters. The second kappa shape index (κ2) is 17.9. The van der Waals surface area contributed by atoms with Gasteiger partial charge in [-0.05, 0) is 32.1 Å². The molecule has 3 N–H and O–H groups in total. The molecule has 0 spiro atoms. The molecule has 0 radical (unpaired) electrons. The summed E-state index contributed by atoms with van der Waals surface area (Å²) in [5.41, 5.74) is 0. The predicted octanol–water partition coefficient (Wildman–Crippen LogP) is 4.71. The van der Waals surface area contributed by atoms with E-state index in [9.17, 15) is 15.0 Å². The van der Waals surface area contributed by atoms with Crippen LogP contribution in [0.25, 0.3) is 0 Å². The molecule has 4 heteroatoms. The van der Waals surface area contributed by atoms with Gasteiger partial charge in [-0.1, -0.05) is 80.5 Å². The van der Waals surface area contributed by atoms with Crippen molar-refractivity contribution in [3.63, 3.8) is 0 Å². The van der Waals surface area contributed by atoms with Gasteiger partial charge in [-0.25, -0.2) is 0 Å². The molecule has 0 rings (SSSR count). The van der Waals surface area contributed by atoms with Crippen LogP contribution in [0.15, 0.2) is 60.8 Å². The minimum atomic E-state index is -0.770. The van der Waals surface area contributed by atoms with Crippen LogP contribution in [-0.4, -0.2) is 33.5 Å². The van der Waals surface area contributed by atoms with Crippen molar-refractivity contribution in [3.05, 3.63) is 60.8 Å². The van der Waals surface area contributed by atoms with Crippen molar-refractivity contribution < 1.29 is 20.1 Å². The molecule has 2 atom stereocenters. The standard InChI is InChI=1S/C22H34O4/c1-2-3-4-5-6-10-15-20(23)16-11-7-8-12-17-21(24)18-13-9-14-19-22(25)26/h3-4,6-8,10-12,16-17,20-21,23-24H,2,5,9,13-15,18-19H2,1H3,(H,25,26). The Hall–Kier alpha value is -1.91. The molecule has 0 saturated heterocycles. The molecule has 0 aliphatic heterocycles. The van der Waals surface area contributed by atoms with Gasteiger partial charge in [0.25, 0.3) is 0 Å². The number of aliphatic hydroxyl groups excluding tert-OH is 2. The molecule has 26 heavy (non-hydrogen) atoms. The molecule has 0 heterocycles. The molecule has 0 aliphatic rings. The topological polar surface area (TPSA) is 77.8 Å². The number of hydrogen-bond donors (Lipinski definition) is 3. The Morgan fingerprint density at radius 3 is 2.15 bits per heavy atom. The Bertz CT molecular complexity index is 486. The van der Waals surface area contributed by atoms with Crippen LogP contribution < -0.4 is 0 Å². The minimum Gasteiger partial charge on any atom is -0.481 e. The van der Waals surface area contributed by atoms with Crippen molar-refractivity contribution in [2.75, 3.05) is 0 Å². The number of aliphatic carboxylic acids is 1. The van der Waals surface area contributed by atoms with E-state index in [0.717, 1.165) is 25.7 Å². The van der Waals surface area contributed by atoms with Gasteiger partial charge in [-0.3, -0.25) is 4.79 Å². The predicted molar refractivity (Wildman–Crippen MR) is 108 cm³/mol. The fourth-order valence-electron chi connectivity index (χ4n) is 2.17. The Balaban J connectivity index is 3.81. The summed E-state index contributed by atoms with van der Waals surface area (Å²) in [4.78, 5) is 10.4. The Labute approximate surface area is 157 Å². The van der Waals surface area contributed by atoms with Gasteiger partial charge in [0.15, 0.2) is 0 Å². The van der Waals surface area contributed by atoms with Crippen LogP contribution in [0.5, 0.6) is 0 Å². The number of allylic oxidation sites excluding steroid dienone is 7. The fraction of sp³-hybridized carbons (Fsp3) is 0.500. The maximum Gasteiger partial charge on any atom is 0.303 e. The van der Waals surface area contributed by atoms with E-state index >= 15 is 0 Å². The normalized spacial score (nSPS) is 15.2. The molecule has 146 valence electrons. The lowest BCUT2D eigenvalue weighted by molar-refractivity contribution is -0.137. The molecular weight excluding hydrogens is 328 g/mol. The zero-order valence-corrected chi connectivity index (χ0v) is 15.8. The minimum absolute atomic E-state index is 0.193. The van der Waals surface area contributed by atoms with Crippen LogP contribution in [0, 0.1) is 0 Å². The van der Waals surface area contributed by atoms with Crippen LogP contribution >= 0.6 is 0 Å². The Morgan fingerprint density at radius 2 is 1.50 bits per heavy atom. The van der Waals surface area contributed by atoms with Crippen molar-refractivity contribution in [1.29, 1.82) is 0 Å². The quantitative estimate of drug-likeness (QED) is 0.224. The Morgan fingerprint density at radius 1 is 0.846 bits per heavy atom. The van der Waals surface area contributed by atoms with Crippen molar-refractivity contribution in [3.8, 4) is 0 Å². The molecular formula is C22H34O4. The maximum absolute atomic E-state index is 10.4. The highest BCUT2D eigenvalue weighted by atomic mass is 16.4. The molecule has 0 saturated carbocycles. The lowest BCUT2D eigenvalue weighted by Crippen LogP contribution is -2.01. The van der Waals surface area contributed by atoms with Gasteiger partial charge in [0.1, 0.15) is 0 Å². The summed E-state index contributed by atoms with van der Waals surface area (Å²) in [7, 11) is 0. The first-order valence-electron chi connectivity index (χ1n) is 9.45. The molecule has 0 aromatic heterocycles. The molecule has 4 nitrogen and oxygen atoms in total. The van der Waals surface area contributed by atoms with Crippen LogP contribution in [0.1, 0.15) is 58.3 Å². The molecule has 0 aromatic carbocycles. The van der Waals surface area contributed by atoms with E-state index < -0.39 is 18.2 Å². The third kappa shape index (κ3) is 18.4. The Kier molecular flexibility index (Phi) is 16.6. The summed E-state index contributed by atoms with van der Waals surface area (Å²) < 4.78 is 0. The number of carboxylic acid groups (broad SMARTS) is 1. The summed E-state index contributed by atoms with van der Waals surface area (Å²) >= 11 is 0. The average molecular weight is 363 g/mol. The molecule has 0 aliphatic carbocycles. The number of rotatable bonds is 15. The van der Waals surface area contributed by atoms with Gasteiger partial charge in [0.2, 0.25) is 0 Å².